The minimum absolute atomic E-state index is 0.0763. The summed E-state index contributed by atoms with van der Waals surface area (Å²) >= 11 is 3.39. The molecule has 0 unspecified atom stereocenters. The molecule has 5 heteroatoms. The predicted molar refractivity (Wildman–Crippen MR) is 96.2 cm³/mol. The highest BCUT2D eigenvalue weighted by atomic mass is 79.9. The van der Waals surface area contributed by atoms with Gasteiger partial charge in [-0.1, -0.05) is 34.1 Å². The molecule has 0 aliphatic rings. The van der Waals surface area contributed by atoms with Crippen LogP contribution in [0.5, 0.6) is 11.5 Å². The van der Waals surface area contributed by atoms with E-state index in [9.17, 15) is 10.1 Å². The molecule has 0 saturated heterocycles. The third-order valence-corrected chi connectivity index (χ3v) is 4.03. The maximum absolute atomic E-state index is 12.0. The number of benzene rings is 2. The molecule has 0 aliphatic heterocycles. The summed E-state index contributed by atoms with van der Waals surface area (Å²) in [5, 5.41) is 9.35. The molecule has 0 atom stereocenters. The van der Waals surface area contributed by atoms with Crippen molar-refractivity contribution in [1.82, 2.24) is 4.98 Å². The van der Waals surface area contributed by atoms with Crippen LogP contribution in [-0.2, 0) is 0 Å². The van der Waals surface area contributed by atoms with Gasteiger partial charge in [0.25, 0.3) is 5.56 Å². The lowest BCUT2D eigenvalue weighted by molar-refractivity contribution is 0.484. The van der Waals surface area contributed by atoms with Crippen LogP contribution in [0.3, 0.4) is 0 Å². The van der Waals surface area contributed by atoms with E-state index in [2.05, 4.69) is 20.9 Å². The van der Waals surface area contributed by atoms with Crippen LogP contribution in [0.4, 0.5) is 0 Å². The number of hydrogen-bond donors (Lipinski definition) is 1. The topological polar surface area (TPSA) is 65.9 Å². The van der Waals surface area contributed by atoms with Gasteiger partial charge in [-0.15, -0.1) is 0 Å². The summed E-state index contributed by atoms with van der Waals surface area (Å²) in [6.45, 7) is 1.78. The van der Waals surface area contributed by atoms with E-state index in [-0.39, 0.29) is 5.56 Å². The Morgan fingerprint density at radius 1 is 1.08 bits per heavy atom. The number of nitriles is 1. The molecule has 1 N–H and O–H groups in total. The summed E-state index contributed by atoms with van der Waals surface area (Å²) in [5.41, 5.74) is 1.63. The number of nitrogens with one attached hydrogen (secondary N) is 1. The van der Waals surface area contributed by atoms with Gasteiger partial charge in [-0.25, -0.2) is 0 Å². The van der Waals surface area contributed by atoms with Crippen LogP contribution in [-0.4, -0.2) is 4.98 Å². The second-order valence-corrected chi connectivity index (χ2v) is 6.15. The molecular weight excluding hydrogens is 368 g/mol. The summed E-state index contributed by atoms with van der Waals surface area (Å²) in [7, 11) is 0. The molecule has 0 aliphatic carbocycles. The average molecular weight is 381 g/mol. The van der Waals surface area contributed by atoms with Crippen molar-refractivity contribution in [2.24, 2.45) is 0 Å². The van der Waals surface area contributed by atoms with Gasteiger partial charge in [0.2, 0.25) is 0 Å². The number of halogens is 1. The zero-order valence-electron chi connectivity index (χ0n) is 12.8. The number of hydrogen-bond acceptors (Lipinski definition) is 3. The molecule has 0 amide bonds. The largest absolute Gasteiger partial charge is 0.457 e. The van der Waals surface area contributed by atoms with Gasteiger partial charge in [-0.05, 0) is 43.3 Å². The summed E-state index contributed by atoms with van der Waals surface area (Å²) in [5.74, 6) is 1.26. The molecule has 2 aromatic carbocycles. The van der Waals surface area contributed by atoms with Crippen molar-refractivity contribution in [3.63, 3.8) is 0 Å². The Balaban J connectivity index is 2.12. The van der Waals surface area contributed by atoms with Crippen molar-refractivity contribution >= 4 is 15.9 Å². The molecule has 0 fully saturated rings. The standard InChI is InChI=1S/C19H13BrN2O2/c1-12-10-16(17(11-21)19(23)22-12)15-4-2-3-5-18(15)24-14-8-6-13(20)7-9-14/h2-10H,1H3,(H,22,23). The lowest BCUT2D eigenvalue weighted by Gasteiger charge is -2.12. The molecule has 3 aromatic rings. The highest BCUT2D eigenvalue weighted by Gasteiger charge is 2.14. The highest BCUT2D eigenvalue weighted by Crippen LogP contribution is 2.34. The van der Waals surface area contributed by atoms with Crippen molar-refractivity contribution in [3.8, 4) is 28.7 Å². The summed E-state index contributed by atoms with van der Waals surface area (Å²) in [4.78, 5) is 14.7. The van der Waals surface area contributed by atoms with Gasteiger partial charge in [-0.2, -0.15) is 5.26 Å². The van der Waals surface area contributed by atoms with Crippen LogP contribution >= 0.6 is 15.9 Å². The monoisotopic (exact) mass is 380 g/mol. The molecule has 1 heterocycles. The van der Waals surface area contributed by atoms with E-state index in [4.69, 9.17) is 4.74 Å². The fourth-order valence-electron chi connectivity index (χ4n) is 2.42. The number of aryl methyl sites for hydroxylation is 1. The van der Waals surface area contributed by atoms with Crippen LogP contribution < -0.4 is 10.3 Å². The first-order chi connectivity index (χ1) is 11.6. The Kier molecular flexibility index (Phi) is 4.50. The van der Waals surface area contributed by atoms with E-state index in [1.807, 2.05) is 54.6 Å². The Labute approximate surface area is 147 Å². The van der Waals surface area contributed by atoms with Gasteiger partial charge in [0.15, 0.2) is 0 Å². The third-order valence-electron chi connectivity index (χ3n) is 3.50. The van der Waals surface area contributed by atoms with Crippen molar-refractivity contribution in [2.75, 3.05) is 0 Å². The first-order valence-corrected chi connectivity index (χ1v) is 8.04. The number of rotatable bonds is 3. The van der Waals surface area contributed by atoms with E-state index in [0.717, 1.165) is 4.47 Å². The molecule has 0 saturated carbocycles. The van der Waals surface area contributed by atoms with E-state index in [0.29, 0.717) is 28.3 Å². The summed E-state index contributed by atoms with van der Waals surface area (Å²) in [6.07, 6.45) is 0. The van der Waals surface area contributed by atoms with Gasteiger partial charge in [0.05, 0.1) is 0 Å². The van der Waals surface area contributed by atoms with Gasteiger partial charge >= 0.3 is 0 Å². The van der Waals surface area contributed by atoms with Crippen LogP contribution in [0.25, 0.3) is 11.1 Å². The third kappa shape index (κ3) is 3.24. The van der Waals surface area contributed by atoms with E-state index in [1.54, 1.807) is 13.0 Å². The molecule has 0 spiro atoms. The second kappa shape index (κ2) is 6.73. The van der Waals surface area contributed by atoms with Gasteiger partial charge in [-0.3, -0.25) is 4.79 Å². The predicted octanol–water partition coefficient (Wildman–Crippen LogP) is 4.78. The fraction of sp³-hybridized carbons (Fsp3) is 0.0526. The van der Waals surface area contributed by atoms with Gasteiger partial charge in [0.1, 0.15) is 23.1 Å². The summed E-state index contributed by atoms with van der Waals surface area (Å²) < 4.78 is 6.91. The first kappa shape index (κ1) is 16.0. The molecule has 0 bridgehead atoms. The fourth-order valence-corrected chi connectivity index (χ4v) is 2.68. The van der Waals surface area contributed by atoms with E-state index in [1.165, 1.54) is 0 Å². The second-order valence-electron chi connectivity index (χ2n) is 5.23. The minimum Gasteiger partial charge on any atom is -0.457 e. The SMILES string of the molecule is Cc1cc(-c2ccccc2Oc2ccc(Br)cc2)c(C#N)c(=O)[nH]1. The quantitative estimate of drug-likeness (QED) is 0.710. The molecule has 24 heavy (non-hydrogen) atoms. The summed E-state index contributed by atoms with van der Waals surface area (Å²) in [6, 6.07) is 18.6. The van der Waals surface area contributed by atoms with Gasteiger partial charge < -0.3 is 9.72 Å². The first-order valence-electron chi connectivity index (χ1n) is 7.25. The van der Waals surface area contributed by atoms with E-state index < -0.39 is 5.56 Å². The van der Waals surface area contributed by atoms with Crippen LogP contribution in [0.2, 0.25) is 0 Å². The van der Waals surface area contributed by atoms with Crippen molar-refractivity contribution in [2.45, 2.75) is 6.92 Å². The van der Waals surface area contributed by atoms with Crippen LogP contribution in [0.15, 0.2) is 63.9 Å². The Bertz CT molecular complexity index is 985. The molecule has 4 nitrogen and oxygen atoms in total. The minimum atomic E-state index is -0.397. The lowest BCUT2D eigenvalue weighted by atomic mass is 10.00. The highest BCUT2D eigenvalue weighted by molar-refractivity contribution is 9.10. The van der Waals surface area contributed by atoms with Crippen LogP contribution in [0, 0.1) is 18.3 Å². The lowest BCUT2D eigenvalue weighted by Crippen LogP contribution is -2.12. The number of ether oxygens (including phenoxy) is 1. The van der Waals surface area contributed by atoms with Crippen molar-refractivity contribution in [1.29, 1.82) is 5.26 Å². The molecule has 118 valence electrons. The van der Waals surface area contributed by atoms with Crippen LogP contribution in [0.1, 0.15) is 11.3 Å². The maximum Gasteiger partial charge on any atom is 0.266 e. The van der Waals surface area contributed by atoms with Gasteiger partial charge in [0, 0.05) is 21.3 Å². The average Bonchev–Trinajstić information content (AvgIpc) is 2.57. The van der Waals surface area contributed by atoms with Crippen molar-refractivity contribution in [3.05, 3.63) is 80.7 Å². The Morgan fingerprint density at radius 3 is 2.50 bits per heavy atom. The molecule has 3 rings (SSSR count). The number of aromatic nitrogens is 1. The molecule has 0 radical (unpaired) electrons. The van der Waals surface area contributed by atoms with Crippen molar-refractivity contribution < 1.29 is 4.74 Å². The smallest absolute Gasteiger partial charge is 0.266 e. The normalized spacial score (nSPS) is 10.2. The number of aromatic amines is 1. The molecule has 1 aromatic heterocycles. The number of H-pyrrole nitrogens is 1. The Hall–Kier alpha value is -2.84. The number of nitrogens with zero attached hydrogens (tertiary/aromatic N) is 1. The molecular formula is C19H13BrN2O2. The number of pyridine rings is 1. The number of para-hydroxylation sites is 1. The zero-order valence-corrected chi connectivity index (χ0v) is 14.4. The zero-order chi connectivity index (χ0) is 17.1. The van der Waals surface area contributed by atoms with E-state index >= 15 is 0 Å². The maximum atomic E-state index is 12.0. The Morgan fingerprint density at radius 2 is 1.79 bits per heavy atom.